The van der Waals surface area contributed by atoms with Crippen molar-refractivity contribution in [3.8, 4) is 17.2 Å². The number of hydrogen-bond donors (Lipinski definition) is 1. The Labute approximate surface area is 255 Å². The maximum Gasteiger partial charge on any atom is 0.301 e. The van der Waals surface area contributed by atoms with Crippen molar-refractivity contribution in [2.24, 2.45) is 0 Å². The molecule has 2 aromatic carbocycles. The molecule has 1 aromatic heterocycles. The van der Waals surface area contributed by atoms with Gasteiger partial charge in [0, 0.05) is 18.9 Å². The number of ether oxygens (including phenoxy) is 3. The third kappa shape index (κ3) is 5.88. The van der Waals surface area contributed by atoms with Crippen LogP contribution in [0.25, 0.3) is 5.76 Å². The Morgan fingerprint density at radius 1 is 1.12 bits per heavy atom. The van der Waals surface area contributed by atoms with Gasteiger partial charge in [0.15, 0.2) is 22.4 Å². The highest BCUT2D eigenvalue weighted by atomic mass is 32.1. The van der Waals surface area contributed by atoms with E-state index in [4.69, 9.17) is 14.2 Å². The first kappa shape index (κ1) is 30.3. The molecule has 3 heterocycles. The molecule has 2 aliphatic rings. The molecule has 1 amide bonds. The van der Waals surface area contributed by atoms with Crippen LogP contribution in [-0.2, 0) is 16.0 Å². The molecular formula is C33H36N2O7S. The number of benzene rings is 2. The largest absolute Gasteiger partial charge is 0.507 e. The number of aromatic nitrogens is 1. The molecule has 10 heteroatoms. The van der Waals surface area contributed by atoms with Gasteiger partial charge in [-0.05, 0) is 68.7 Å². The molecule has 1 N–H and O–H groups in total. The normalized spacial score (nSPS) is 19.0. The molecule has 1 saturated heterocycles. The van der Waals surface area contributed by atoms with Gasteiger partial charge in [-0.3, -0.25) is 19.3 Å². The molecule has 0 radical (unpaired) electrons. The zero-order valence-corrected chi connectivity index (χ0v) is 25.9. The first-order chi connectivity index (χ1) is 20.6. The van der Waals surface area contributed by atoms with Gasteiger partial charge in [-0.2, -0.15) is 0 Å². The average molecular weight is 605 g/mol. The molecule has 0 saturated carbocycles. The molecular weight excluding hydrogens is 568 g/mol. The number of ketones is 2. The lowest BCUT2D eigenvalue weighted by Crippen LogP contribution is -2.29. The van der Waals surface area contributed by atoms with Crippen LogP contribution in [0.3, 0.4) is 0 Å². The molecule has 0 aliphatic carbocycles. The van der Waals surface area contributed by atoms with Gasteiger partial charge in [-0.25, -0.2) is 4.98 Å². The highest BCUT2D eigenvalue weighted by Gasteiger charge is 2.48. The first-order valence-electron chi connectivity index (χ1n) is 14.6. The summed E-state index contributed by atoms with van der Waals surface area (Å²) in [5.74, 6) is -0.430. The SMILES string of the molecule is CCCCCOc1ccc([C@H]2/C(=C(\O)c3ccc4c(c3)C[C@@H](C)O4)C(=O)C(=O)N2c2nc(C)c(C(C)=O)s2)cc1OCC. The standard InChI is InChI=1S/C33H36N2O7S/c1-6-8-9-14-41-25-13-10-21(17-26(25)40-7-2)28-27(29(37)22-11-12-24-23(16-22)15-18(3)42-24)30(38)32(39)35(28)33-34-19(4)31(43-33)20(5)36/h10-13,16-18,28,37H,6-9,14-15H2,1-5H3/b29-27+/t18-,28+/m1/s1. The van der Waals surface area contributed by atoms with Crippen molar-refractivity contribution < 1.29 is 33.7 Å². The summed E-state index contributed by atoms with van der Waals surface area (Å²) in [5.41, 5.74) is 2.23. The van der Waals surface area contributed by atoms with E-state index in [9.17, 15) is 19.5 Å². The number of hydrogen-bond acceptors (Lipinski definition) is 9. The van der Waals surface area contributed by atoms with Gasteiger partial charge in [0.25, 0.3) is 5.78 Å². The molecule has 1 fully saturated rings. The van der Waals surface area contributed by atoms with E-state index < -0.39 is 17.7 Å². The summed E-state index contributed by atoms with van der Waals surface area (Å²) in [4.78, 5) is 45.8. The maximum atomic E-state index is 13.7. The van der Waals surface area contributed by atoms with E-state index in [1.54, 1.807) is 43.3 Å². The van der Waals surface area contributed by atoms with E-state index in [1.165, 1.54) is 11.8 Å². The Bertz CT molecular complexity index is 1610. The minimum Gasteiger partial charge on any atom is -0.507 e. The second kappa shape index (κ2) is 12.6. The topological polar surface area (TPSA) is 115 Å². The Morgan fingerprint density at radius 3 is 2.60 bits per heavy atom. The molecule has 2 aliphatic heterocycles. The van der Waals surface area contributed by atoms with Crippen molar-refractivity contribution >= 4 is 39.7 Å². The molecule has 5 rings (SSSR count). The van der Waals surface area contributed by atoms with Crippen LogP contribution in [0.2, 0.25) is 0 Å². The van der Waals surface area contributed by atoms with Gasteiger partial charge >= 0.3 is 5.91 Å². The van der Waals surface area contributed by atoms with Gasteiger partial charge in [0.1, 0.15) is 17.6 Å². The monoisotopic (exact) mass is 604 g/mol. The lowest BCUT2D eigenvalue weighted by Gasteiger charge is -2.24. The number of amides is 1. The fourth-order valence-electron chi connectivity index (χ4n) is 5.50. The summed E-state index contributed by atoms with van der Waals surface area (Å²) in [7, 11) is 0. The Hall–Kier alpha value is -4.18. The van der Waals surface area contributed by atoms with E-state index in [-0.39, 0.29) is 28.4 Å². The van der Waals surface area contributed by atoms with Crippen LogP contribution < -0.4 is 19.1 Å². The highest BCUT2D eigenvalue weighted by molar-refractivity contribution is 7.18. The highest BCUT2D eigenvalue weighted by Crippen LogP contribution is 2.46. The van der Waals surface area contributed by atoms with Crippen molar-refractivity contribution in [2.75, 3.05) is 18.1 Å². The molecule has 226 valence electrons. The zero-order valence-electron chi connectivity index (χ0n) is 25.1. The Balaban J connectivity index is 1.65. The van der Waals surface area contributed by atoms with Gasteiger partial charge in [0.2, 0.25) is 0 Å². The van der Waals surface area contributed by atoms with Crippen molar-refractivity contribution in [3.05, 3.63) is 69.2 Å². The summed E-state index contributed by atoms with van der Waals surface area (Å²) < 4.78 is 17.7. The van der Waals surface area contributed by atoms with Crippen LogP contribution >= 0.6 is 11.3 Å². The maximum absolute atomic E-state index is 13.7. The number of carbonyl (C=O) groups excluding carboxylic acids is 3. The minimum absolute atomic E-state index is 0.00119. The molecule has 2 atom stereocenters. The molecule has 0 unspecified atom stereocenters. The predicted molar refractivity (Wildman–Crippen MR) is 165 cm³/mol. The zero-order chi connectivity index (χ0) is 30.8. The quantitative estimate of drug-likeness (QED) is 0.0859. The number of Topliss-reactive ketones (excluding diaryl/α,β-unsaturated/α-hetero) is 2. The number of anilines is 1. The predicted octanol–water partition coefficient (Wildman–Crippen LogP) is 6.57. The van der Waals surface area contributed by atoms with E-state index in [0.717, 1.165) is 41.9 Å². The number of thiazole rings is 1. The lowest BCUT2D eigenvalue weighted by atomic mass is 9.94. The summed E-state index contributed by atoms with van der Waals surface area (Å²) in [6.45, 7) is 9.97. The van der Waals surface area contributed by atoms with Crippen molar-refractivity contribution in [3.63, 3.8) is 0 Å². The summed E-state index contributed by atoms with van der Waals surface area (Å²) in [6, 6.07) is 9.46. The number of aryl methyl sites for hydroxylation is 1. The van der Waals surface area contributed by atoms with E-state index in [2.05, 4.69) is 11.9 Å². The molecule has 0 spiro atoms. The summed E-state index contributed by atoms with van der Waals surface area (Å²) >= 11 is 1.04. The molecule has 0 bridgehead atoms. The van der Waals surface area contributed by atoms with Crippen LogP contribution in [0.15, 0.2) is 42.0 Å². The fraction of sp³-hybridized carbons (Fsp3) is 0.394. The lowest BCUT2D eigenvalue weighted by molar-refractivity contribution is -0.132. The second-order valence-corrected chi connectivity index (χ2v) is 11.8. The fourth-order valence-corrected chi connectivity index (χ4v) is 6.49. The van der Waals surface area contributed by atoms with Crippen LogP contribution in [0.5, 0.6) is 17.2 Å². The van der Waals surface area contributed by atoms with Crippen LogP contribution in [-0.4, -0.2) is 46.9 Å². The van der Waals surface area contributed by atoms with E-state index in [0.29, 0.717) is 52.8 Å². The number of carbonyl (C=O) groups is 3. The van der Waals surface area contributed by atoms with Gasteiger partial charge in [-0.1, -0.05) is 37.2 Å². The van der Waals surface area contributed by atoms with Crippen LogP contribution in [0.1, 0.15) is 85.1 Å². The number of unbranched alkanes of at least 4 members (excludes halogenated alkanes) is 2. The first-order valence-corrected chi connectivity index (χ1v) is 15.4. The van der Waals surface area contributed by atoms with E-state index in [1.807, 2.05) is 13.8 Å². The summed E-state index contributed by atoms with van der Waals surface area (Å²) in [6.07, 6.45) is 3.67. The second-order valence-electron chi connectivity index (χ2n) is 10.8. The number of rotatable bonds is 11. The Morgan fingerprint density at radius 2 is 1.91 bits per heavy atom. The van der Waals surface area contributed by atoms with Gasteiger partial charge in [-0.15, -0.1) is 0 Å². The number of aliphatic hydroxyl groups is 1. The van der Waals surface area contributed by atoms with Crippen molar-refractivity contribution in [1.29, 1.82) is 0 Å². The van der Waals surface area contributed by atoms with Gasteiger partial charge in [0.05, 0.1) is 35.4 Å². The third-order valence-electron chi connectivity index (χ3n) is 7.51. The number of nitrogens with zero attached hydrogens (tertiary/aromatic N) is 2. The summed E-state index contributed by atoms with van der Waals surface area (Å²) in [5, 5.41) is 11.9. The molecule has 43 heavy (non-hydrogen) atoms. The van der Waals surface area contributed by atoms with Crippen LogP contribution in [0.4, 0.5) is 5.13 Å². The average Bonchev–Trinajstić information content (AvgIpc) is 3.63. The Kier molecular flexibility index (Phi) is 8.87. The van der Waals surface area contributed by atoms with E-state index >= 15 is 0 Å². The number of fused-ring (bicyclic) bond motifs is 1. The smallest absolute Gasteiger partial charge is 0.301 e. The molecule has 9 nitrogen and oxygen atoms in total. The minimum atomic E-state index is -1.03. The number of aliphatic hydroxyl groups excluding tert-OH is 1. The van der Waals surface area contributed by atoms with Gasteiger partial charge < -0.3 is 19.3 Å². The van der Waals surface area contributed by atoms with Crippen molar-refractivity contribution in [2.45, 2.75) is 72.4 Å². The van der Waals surface area contributed by atoms with Crippen LogP contribution in [0, 0.1) is 6.92 Å². The van der Waals surface area contributed by atoms with Crippen molar-refractivity contribution in [1.82, 2.24) is 4.98 Å². The third-order valence-corrected chi connectivity index (χ3v) is 8.77. The molecule has 3 aromatic rings.